The topological polar surface area (TPSA) is 48.1 Å². The van der Waals surface area contributed by atoms with Crippen molar-refractivity contribution in [2.75, 3.05) is 0 Å². The summed E-state index contributed by atoms with van der Waals surface area (Å²) in [6.45, 7) is 0.426. The Bertz CT molecular complexity index is 805. The van der Waals surface area contributed by atoms with Crippen LogP contribution in [-0.4, -0.2) is 4.98 Å². The van der Waals surface area contributed by atoms with E-state index in [0.29, 0.717) is 28.2 Å². The molecule has 0 aliphatic heterocycles. The van der Waals surface area contributed by atoms with Gasteiger partial charge in [0.1, 0.15) is 5.75 Å². The van der Waals surface area contributed by atoms with Crippen LogP contribution < -0.4 is 10.5 Å². The molecular formula is C16H12Cl2N2O. The molecule has 0 aliphatic carbocycles. The van der Waals surface area contributed by atoms with Gasteiger partial charge in [-0.3, -0.25) is 0 Å². The second-order valence-corrected chi connectivity index (χ2v) is 5.36. The fraction of sp³-hybridized carbons (Fsp3) is 0.0625. The maximum absolute atomic E-state index is 6.13. The zero-order valence-corrected chi connectivity index (χ0v) is 12.5. The molecule has 0 spiro atoms. The Hall–Kier alpha value is -1.81. The molecule has 0 fully saturated rings. The number of aromatic nitrogens is 1. The van der Waals surface area contributed by atoms with Crippen molar-refractivity contribution < 1.29 is 4.74 Å². The molecule has 0 aliphatic rings. The summed E-state index contributed by atoms with van der Waals surface area (Å²) in [6.07, 6.45) is 1.72. The highest BCUT2D eigenvalue weighted by molar-refractivity contribution is 6.35. The van der Waals surface area contributed by atoms with Gasteiger partial charge in [-0.15, -0.1) is 0 Å². The second kappa shape index (κ2) is 5.90. The summed E-state index contributed by atoms with van der Waals surface area (Å²) in [4.78, 5) is 4.34. The molecule has 21 heavy (non-hydrogen) atoms. The van der Waals surface area contributed by atoms with Gasteiger partial charge in [0.25, 0.3) is 0 Å². The van der Waals surface area contributed by atoms with Gasteiger partial charge in [-0.1, -0.05) is 41.4 Å². The van der Waals surface area contributed by atoms with E-state index in [-0.39, 0.29) is 0 Å². The maximum Gasteiger partial charge on any atom is 0.227 e. The van der Waals surface area contributed by atoms with Gasteiger partial charge in [0.15, 0.2) is 0 Å². The standard InChI is InChI=1S/C16H12Cl2N2O/c17-11-5-6-15(14(18)7-11)21-16-13-4-2-1-3-12(13)10(8-19)9-20-16/h1-7,9H,8,19H2. The zero-order valence-electron chi connectivity index (χ0n) is 11.0. The number of rotatable bonds is 3. The van der Waals surface area contributed by atoms with Crippen LogP contribution in [0.4, 0.5) is 0 Å². The van der Waals surface area contributed by atoms with Crippen LogP contribution in [0.25, 0.3) is 10.8 Å². The molecular weight excluding hydrogens is 307 g/mol. The van der Waals surface area contributed by atoms with Crippen molar-refractivity contribution in [3.63, 3.8) is 0 Å². The lowest BCUT2D eigenvalue weighted by atomic mass is 10.1. The van der Waals surface area contributed by atoms with E-state index in [1.807, 2.05) is 24.3 Å². The Labute approximate surface area is 132 Å². The van der Waals surface area contributed by atoms with E-state index in [9.17, 15) is 0 Å². The summed E-state index contributed by atoms with van der Waals surface area (Å²) in [5.41, 5.74) is 6.72. The molecule has 0 radical (unpaired) electrons. The predicted octanol–water partition coefficient (Wildman–Crippen LogP) is 4.79. The molecule has 0 amide bonds. The van der Waals surface area contributed by atoms with Gasteiger partial charge >= 0.3 is 0 Å². The van der Waals surface area contributed by atoms with Crippen molar-refractivity contribution in [2.24, 2.45) is 5.73 Å². The number of nitrogens with zero attached hydrogens (tertiary/aromatic N) is 1. The van der Waals surface area contributed by atoms with Crippen molar-refractivity contribution >= 4 is 34.0 Å². The van der Waals surface area contributed by atoms with Gasteiger partial charge in [-0.05, 0) is 35.2 Å². The fourth-order valence-electron chi connectivity index (χ4n) is 2.13. The lowest BCUT2D eigenvalue weighted by Gasteiger charge is -2.11. The molecule has 3 aromatic rings. The summed E-state index contributed by atoms with van der Waals surface area (Å²) >= 11 is 12.0. The van der Waals surface area contributed by atoms with Crippen LogP contribution in [0.5, 0.6) is 11.6 Å². The Kier molecular flexibility index (Phi) is 3.97. The normalized spacial score (nSPS) is 10.8. The number of fused-ring (bicyclic) bond motifs is 1. The number of halogens is 2. The number of nitrogens with two attached hydrogens (primary N) is 1. The number of ether oxygens (including phenoxy) is 1. The van der Waals surface area contributed by atoms with Crippen LogP contribution in [0.2, 0.25) is 10.0 Å². The monoisotopic (exact) mass is 318 g/mol. The van der Waals surface area contributed by atoms with E-state index in [4.69, 9.17) is 33.7 Å². The van der Waals surface area contributed by atoms with Crippen LogP contribution in [0.3, 0.4) is 0 Å². The smallest absolute Gasteiger partial charge is 0.227 e. The Balaban J connectivity index is 2.09. The fourth-order valence-corrected chi connectivity index (χ4v) is 2.58. The highest BCUT2D eigenvalue weighted by Crippen LogP contribution is 2.34. The minimum Gasteiger partial charge on any atom is -0.437 e. The molecule has 3 rings (SSSR count). The number of hydrogen-bond acceptors (Lipinski definition) is 3. The quantitative estimate of drug-likeness (QED) is 0.755. The molecule has 1 aromatic heterocycles. The second-order valence-electron chi connectivity index (χ2n) is 4.52. The third-order valence-electron chi connectivity index (χ3n) is 3.16. The van der Waals surface area contributed by atoms with Gasteiger partial charge in [0, 0.05) is 23.2 Å². The molecule has 0 saturated carbocycles. The lowest BCUT2D eigenvalue weighted by Crippen LogP contribution is -2.00. The summed E-state index contributed by atoms with van der Waals surface area (Å²) in [7, 11) is 0. The minimum atomic E-state index is 0.426. The van der Waals surface area contributed by atoms with Crippen LogP contribution in [-0.2, 0) is 6.54 Å². The van der Waals surface area contributed by atoms with Gasteiger partial charge in [-0.2, -0.15) is 0 Å². The first kappa shape index (κ1) is 14.1. The summed E-state index contributed by atoms with van der Waals surface area (Å²) in [5, 5.41) is 2.92. The van der Waals surface area contributed by atoms with Crippen molar-refractivity contribution in [1.29, 1.82) is 0 Å². The molecule has 0 unspecified atom stereocenters. The predicted molar refractivity (Wildman–Crippen MR) is 86.2 cm³/mol. The van der Waals surface area contributed by atoms with E-state index in [2.05, 4.69) is 4.98 Å². The number of benzene rings is 2. The zero-order chi connectivity index (χ0) is 14.8. The molecule has 0 bridgehead atoms. The molecule has 0 saturated heterocycles. The molecule has 0 atom stereocenters. The van der Waals surface area contributed by atoms with E-state index < -0.39 is 0 Å². The average Bonchev–Trinajstić information content (AvgIpc) is 2.50. The van der Waals surface area contributed by atoms with Crippen molar-refractivity contribution in [2.45, 2.75) is 6.54 Å². The Morgan fingerprint density at radius 3 is 2.52 bits per heavy atom. The third-order valence-corrected chi connectivity index (χ3v) is 3.69. The largest absolute Gasteiger partial charge is 0.437 e. The molecule has 5 heteroatoms. The molecule has 106 valence electrons. The van der Waals surface area contributed by atoms with Gasteiger partial charge in [-0.25, -0.2) is 4.98 Å². The van der Waals surface area contributed by atoms with E-state index in [1.54, 1.807) is 24.4 Å². The molecule has 3 nitrogen and oxygen atoms in total. The molecule has 2 aromatic carbocycles. The highest BCUT2D eigenvalue weighted by Gasteiger charge is 2.10. The summed E-state index contributed by atoms with van der Waals surface area (Å²) < 4.78 is 5.83. The first-order chi connectivity index (χ1) is 10.2. The number of pyridine rings is 1. The SMILES string of the molecule is NCc1cnc(Oc2ccc(Cl)cc2Cl)c2ccccc12. The Morgan fingerprint density at radius 1 is 1.05 bits per heavy atom. The highest BCUT2D eigenvalue weighted by atomic mass is 35.5. The first-order valence-corrected chi connectivity index (χ1v) is 7.14. The van der Waals surface area contributed by atoms with E-state index in [0.717, 1.165) is 16.3 Å². The van der Waals surface area contributed by atoms with Crippen LogP contribution in [0.15, 0.2) is 48.7 Å². The third kappa shape index (κ3) is 2.81. The molecule has 1 heterocycles. The maximum atomic E-state index is 6.13. The van der Waals surface area contributed by atoms with Crippen LogP contribution >= 0.6 is 23.2 Å². The summed E-state index contributed by atoms with van der Waals surface area (Å²) in [6, 6.07) is 12.9. The lowest BCUT2D eigenvalue weighted by molar-refractivity contribution is 0.469. The first-order valence-electron chi connectivity index (χ1n) is 6.38. The Morgan fingerprint density at radius 2 is 1.81 bits per heavy atom. The summed E-state index contributed by atoms with van der Waals surface area (Å²) in [5.74, 6) is 1.01. The van der Waals surface area contributed by atoms with Gasteiger partial charge in [0.2, 0.25) is 5.88 Å². The number of hydrogen-bond donors (Lipinski definition) is 1. The van der Waals surface area contributed by atoms with Crippen molar-refractivity contribution in [3.05, 3.63) is 64.3 Å². The molecule has 2 N–H and O–H groups in total. The van der Waals surface area contributed by atoms with Crippen molar-refractivity contribution in [3.8, 4) is 11.6 Å². The van der Waals surface area contributed by atoms with Gasteiger partial charge in [0.05, 0.1) is 5.02 Å². The van der Waals surface area contributed by atoms with Gasteiger partial charge < -0.3 is 10.5 Å². The van der Waals surface area contributed by atoms with Crippen LogP contribution in [0, 0.1) is 0 Å². The minimum absolute atomic E-state index is 0.426. The van der Waals surface area contributed by atoms with Crippen molar-refractivity contribution in [1.82, 2.24) is 4.98 Å². The van der Waals surface area contributed by atoms with Crippen LogP contribution in [0.1, 0.15) is 5.56 Å². The van der Waals surface area contributed by atoms with E-state index in [1.165, 1.54) is 0 Å². The van der Waals surface area contributed by atoms with E-state index >= 15 is 0 Å². The average molecular weight is 319 g/mol.